The van der Waals surface area contributed by atoms with Crippen molar-refractivity contribution in [2.75, 3.05) is 51.7 Å². The van der Waals surface area contributed by atoms with Crippen LogP contribution in [0.1, 0.15) is 11.6 Å². The molecule has 1 N–H and O–H groups in total. The number of thiophene rings is 1. The van der Waals surface area contributed by atoms with Crippen molar-refractivity contribution < 1.29 is 4.79 Å². The molecule has 0 bridgehead atoms. The normalized spacial score (nSPS) is 16.1. The molecule has 5 nitrogen and oxygen atoms in total. The second-order valence-corrected chi connectivity index (χ2v) is 7.31. The third kappa shape index (κ3) is 4.52. The lowest BCUT2D eigenvalue weighted by molar-refractivity contribution is 0.189. The van der Waals surface area contributed by atoms with Gasteiger partial charge >= 0.3 is 6.03 Å². The Bertz CT molecular complexity index is 651. The lowest BCUT2D eigenvalue weighted by atomic mass is 10.1. The summed E-state index contributed by atoms with van der Waals surface area (Å²) < 4.78 is 0. The molecule has 1 aromatic carbocycles. The zero-order chi connectivity index (χ0) is 17.6. The standard InChI is InChI=1S/C19H26N4OS/c1-21(2)18(16-8-13-25-15-16)14-20-19(24)23-11-9-22(10-12-23)17-6-4-3-5-7-17/h3-8,13,15,18H,9-12,14H2,1-2H3,(H,20,24). The molecular weight excluding hydrogens is 332 g/mol. The summed E-state index contributed by atoms with van der Waals surface area (Å²) >= 11 is 1.69. The monoisotopic (exact) mass is 358 g/mol. The van der Waals surface area contributed by atoms with Crippen LogP contribution in [-0.2, 0) is 0 Å². The number of rotatable bonds is 5. The molecule has 2 aromatic rings. The molecule has 0 aliphatic carbocycles. The van der Waals surface area contributed by atoms with Gasteiger partial charge in [0.2, 0.25) is 0 Å². The number of nitrogens with zero attached hydrogens (tertiary/aromatic N) is 3. The Morgan fingerprint density at radius 3 is 2.48 bits per heavy atom. The molecule has 1 atom stereocenters. The smallest absolute Gasteiger partial charge is 0.317 e. The number of nitrogens with one attached hydrogen (secondary N) is 1. The number of carbonyl (C=O) groups excluding carboxylic acids is 1. The molecule has 1 aliphatic rings. The number of hydrogen-bond donors (Lipinski definition) is 1. The van der Waals surface area contributed by atoms with E-state index in [4.69, 9.17) is 0 Å². The van der Waals surface area contributed by atoms with Crippen LogP contribution in [0.2, 0.25) is 0 Å². The fourth-order valence-electron chi connectivity index (χ4n) is 3.17. The van der Waals surface area contributed by atoms with Gasteiger partial charge in [0.1, 0.15) is 0 Å². The van der Waals surface area contributed by atoms with E-state index in [1.807, 2.05) is 25.1 Å². The summed E-state index contributed by atoms with van der Waals surface area (Å²) in [6.07, 6.45) is 0. The summed E-state index contributed by atoms with van der Waals surface area (Å²) in [6, 6.07) is 12.8. The molecule has 2 amide bonds. The van der Waals surface area contributed by atoms with Gasteiger partial charge in [-0.05, 0) is 48.6 Å². The van der Waals surface area contributed by atoms with E-state index in [9.17, 15) is 4.79 Å². The topological polar surface area (TPSA) is 38.8 Å². The van der Waals surface area contributed by atoms with Gasteiger partial charge in [-0.25, -0.2) is 4.79 Å². The highest BCUT2D eigenvalue weighted by molar-refractivity contribution is 7.07. The Hall–Kier alpha value is -2.05. The molecule has 1 aromatic heterocycles. The van der Waals surface area contributed by atoms with E-state index < -0.39 is 0 Å². The number of piperazine rings is 1. The van der Waals surface area contributed by atoms with Gasteiger partial charge in [0.05, 0.1) is 6.04 Å². The zero-order valence-corrected chi connectivity index (χ0v) is 15.7. The number of urea groups is 1. The average Bonchev–Trinajstić information content (AvgIpc) is 3.16. The SMILES string of the molecule is CN(C)C(CNC(=O)N1CCN(c2ccccc2)CC1)c1ccsc1. The highest BCUT2D eigenvalue weighted by Crippen LogP contribution is 2.20. The minimum Gasteiger partial charge on any atom is -0.368 e. The van der Waals surface area contributed by atoms with Crippen LogP contribution in [0, 0.1) is 0 Å². The Balaban J connectivity index is 1.49. The minimum absolute atomic E-state index is 0.0368. The second-order valence-electron chi connectivity index (χ2n) is 6.53. The fraction of sp³-hybridized carbons (Fsp3) is 0.421. The molecule has 134 valence electrons. The molecule has 2 heterocycles. The number of para-hydroxylation sites is 1. The minimum atomic E-state index is 0.0368. The molecule has 0 saturated carbocycles. The molecule has 3 rings (SSSR count). The zero-order valence-electron chi connectivity index (χ0n) is 14.9. The van der Waals surface area contributed by atoms with Crippen molar-refractivity contribution >= 4 is 23.1 Å². The van der Waals surface area contributed by atoms with Gasteiger partial charge in [-0.2, -0.15) is 11.3 Å². The van der Waals surface area contributed by atoms with E-state index in [-0.39, 0.29) is 12.1 Å². The van der Waals surface area contributed by atoms with E-state index in [2.05, 4.69) is 56.2 Å². The molecule has 1 unspecified atom stereocenters. The number of anilines is 1. The van der Waals surface area contributed by atoms with Crippen LogP contribution in [0.25, 0.3) is 0 Å². The molecule has 0 radical (unpaired) electrons. The highest BCUT2D eigenvalue weighted by Gasteiger charge is 2.22. The van der Waals surface area contributed by atoms with Gasteiger partial charge in [-0.3, -0.25) is 0 Å². The van der Waals surface area contributed by atoms with Crippen LogP contribution in [-0.4, -0.2) is 62.7 Å². The Morgan fingerprint density at radius 1 is 1.16 bits per heavy atom. The van der Waals surface area contributed by atoms with Crippen molar-refractivity contribution in [2.24, 2.45) is 0 Å². The van der Waals surface area contributed by atoms with Gasteiger partial charge < -0.3 is 20.0 Å². The van der Waals surface area contributed by atoms with Crippen molar-refractivity contribution in [3.63, 3.8) is 0 Å². The van der Waals surface area contributed by atoms with E-state index in [1.54, 1.807) is 11.3 Å². The van der Waals surface area contributed by atoms with Gasteiger partial charge in [0.15, 0.2) is 0 Å². The summed E-state index contributed by atoms with van der Waals surface area (Å²) in [5, 5.41) is 7.34. The first kappa shape index (κ1) is 17.8. The number of hydrogen-bond acceptors (Lipinski definition) is 4. The molecule has 1 fully saturated rings. The Morgan fingerprint density at radius 2 is 1.88 bits per heavy atom. The third-order valence-corrected chi connectivity index (χ3v) is 5.39. The van der Waals surface area contributed by atoms with Gasteiger partial charge in [-0.15, -0.1) is 0 Å². The lowest BCUT2D eigenvalue weighted by Crippen LogP contribution is -2.52. The van der Waals surface area contributed by atoms with E-state index in [1.165, 1.54) is 11.3 Å². The maximum absolute atomic E-state index is 12.5. The number of amides is 2. The van der Waals surface area contributed by atoms with E-state index in [0.717, 1.165) is 26.2 Å². The van der Waals surface area contributed by atoms with E-state index in [0.29, 0.717) is 6.54 Å². The predicted molar refractivity (Wildman–Crippen MR) is 104 cm³/mol. The molecular formula is C19H26N4OS. The van der Waals surface area contributed by atoms with Crippen LogP contribution in [0.3, 0.4) is 0 Å². The van der Waals surface area contributed by atoms with Crippen molar-refractivity contribution in [1.82, 2.24) is 15.1 Å². The molecule has 25 heavy (non-hydrogen) atoms. The second kappa shape index (κ2) is 8.36. The summed E-state index contributed by atoms with van der Waals surface area (Å²) in [7, 11) is 4.10. The molecule has 0 spiro atoms. The van der Waals surface area contributed by atoms with Gasteiger partial charge in [0, 0.05) is 38.4 Å². The fourth-order valence-corrected chi connectivity index (χ4v) is 3.87. The van der Waals surface area contributed by atoms with Crippen molar-refractivity contribution in [1.29, 1.82) is 0 Å². The number of benzene rings is 1. The maximum Gasteiger partial charge on any atom is 0.317 e. The molecule has 1 aliphatic heterocycles. The van der Waals surface area contributed by atoms with Gasteiger partial charge in [0.25, 0.3) is 0 Å². The number of likely N-dealkylation sites (N-methyl/N-ethyl adjacent to an activating group) is 1. The molecule has 1 saturated heterocycles. The first-order valence-electron chi connectivity index (χ1n) is 8.66. The van der Waals surface area contributed by atoms with Crippen LogP contribution >= 0.6 is 11.3 Å². The van der Waals surface area contributed by atoms with Crippen molar-refractivity contribution in [2.45, 2.75) is 6.04 Å². The summed E-state index contributed by atoms with van der Waals surface area (Å²) in [6.45, 7) is 3.89. The third-order valence-electron chi connectivity index (χ3n) is 4.69. The molecule has 6 heteroatoms. The van der Waals surface area contributed by atoms with Crippen molar-refractivity contribution in [3.8, 4) is 0 Å². The summed E-state index contributed by atoms with van der Waals surface area (Å²) in [5.74, 6) is 0. The summed E-state index contributed by atoms with van der Waals surface area (Å²) in [4.78, 5) is 18.9. The maximum atomic E-state index is 12.5. The Kier molecular flexibility index (Phi) is 5.94. The van der Waals surface area contributed by atoms with Crippen LogP contribution in [0.5, 0.6) is 0 Å². The largest absolute Gasteiger partial charge is 0.368 e. The van der Waals surface area contributed by atoms with Crippen LogP contribution < -0.4 is 10.2 Å². The van der Waals surface area contributed by atoms with Crippen LogP contribution in [0.15, 0.2) is 47.2 Å². The summed E-state index contributed by atoms with van der Waals surface area (Å²) in [5.41, 5.74) is 2.48. The first-order chi connectivity index (χ1) is 12.1. The predicted octanol–water partition coefficient (Wildman–Crippen LogP) is 2.88. The lowest BCUT2D eigenvalue weighted by Gasteiger charge is -2.36. The quantitative estimate of drug-likeness (QED) is 0.893. The number of carbonyl (C=O) groups is 1. The Labute approximate surface area is 153 Å². The van der Waals surface area contributed by atoms with Gasteiger partial charge in [-0.1, -0.05) is 18.2 Å². The van der Waals surface area contributed by atoms with E-state index >= 15 is 0 Å². The van der Waals surface area contributed by atoms with Crippen LogP contribution in [0.4, 0.5) is 10.5 Å². The first-order valence-corrected chi connectivity index (χ1v) is 9.60. The highest BCUT2D eigenvalue weighted by atomic mass is 32.1. The van der Waals surface area contributed by atoms with Crippen molar-refractivity contribution in [3.05, 3.63) is 52.7 Å². The average molecular weight is 359 g/mol.